The molecule has 0 atom stereocenters. The quantitative estimate of drug-likeness (QED) is 0.570. The van der Waals surface area contributed by atoms with Crippen molar-refractivity contribution in [1.82, 2.24) is 20.4 Å². The van der Waals surface area contributed by atoms with Crippen molar-refractivity contribution in [3.63, 3.8) is 0 Å². The first kappa shape index (κ1) is 18.1. The van der Waals surface area contributed by atoms with Crippen LogP contribution in [-0.2, 0) is 6.42 Å². The summed E-state index contributed by atoms with van der Waals surface area (Å²) in [6.45, 7) is 8.08. The summed E-state index contributed by atoms with van der Waals surface area (Å²) < 4.78 is 5.73. The van der Waals surface area contributed by atoms with Gasteiger partial charge in [-0.3, -0.25) is 0 Å². The van der Waals surface area contributed by atoms with E-state index in [9.17, 15) is 0 Å². The molecule has 1 N–H and O–H groups in total. The van der Waals surface area contributed by atoms with Crippen molar-refractivity contribution in [1.29, 1.82) is 0 Å². The van der Waals surface area contributed by atoms with Crippen LogP contribution in [0.15, 0.2) is 47.0 Å². The number of anilines is 1. The van der Waals surface area contributed by atoms with Crippen LogP contribution >= 0.6 is 0 Å². The molecule has 1 fully saturated rings. The number of piperazine rings is 1. The molecule has 0 radical (unpaired) electrons. The molecule has 0 amide bonds. The molecule has 2 aromatic carbocycles. The maximum Gasteiger partial charge on any atom is 0.263 e. The Balaban J connectivity index is 1.69. The lowest BCUT2D eigenvalue weighted by Crippen LogP contribution is -2.44. The average molecular weight is 387 g/mol. The second-order valence-corrected chi connectivity index (χ2v) is 8.07. The Morgan fingerprint density at radius 1 is 1.03 bits per heavy atom. The van der Waals surface area contributed by atoms with Gasteiger partial charge in [-0.2, -0.15) is 4.98 Å². The van der Waals surface area contributed by atoms with Crippen LogP contribution in [0.3, 0.4) is 0 Å². The van der Waals surface area contributed by atoms with Gasteiger partial charge in [0.05, 0.1) is 0 Å². The van der Waals surface area contributed by atoms with E-state index >= 15 is 0 Å². The van der Waals surface area contributed by atoms with Crippen molar-refractivity contribution >= 4 is 27.7 Å². The fraction of sp³-hybridized carbons (Fsp3) is 0.348. The lowest BCUT2D eigenvalue weighted by Gasteiger charge is -2.29. The van der Waals surface area contributed by atoms with Crippen LogP contribution in [0.1, 0.15) is 19.7 Å². The molecule has 3 heterocycles. The molecule has 0 spiro atoms. The summed E-state index contributed by atoms with van der Waals surface area (Å²) in [4.78, 5) is 12.0. The van der Waals surface area contributed by atoms with E-state index in [1.54, 1.807) is 0 Å². The van der Waals surface area contributed by atoms with Gasteiger partial charge in [0.2, 0.25) is 0 Å². The normalized spacial score (nSPS) is 14.9. The third-order valence-corrected chi connectivity index (χ3v) is 5.39. The second-order valence-electron chi connectivity index (χ2n) is 8.07. The van der Waals surface area contributed by atoms with Gasteiger partial charge in [-0.05, 0) is 22.8 Å². The van der Waals surface area contributed by atoms with Crippen LogP contribution in [0.5, 0.6) is 0 Å². The SMILES string of the molecule is CC(C)Cc1nc(N2CCNCC2)c2c(-c3ccc4ccccc4c3)noc2n1. The summed E-state index contributed by atoms with van der Waals surface area (Å²) in [7, 11) is 0. The number of nitrogens with one attached hydrogen (secondary N) is 1. The fourth-order valence-corrected chi connectivity index (χ4v) is 3.98. The van der Waals surface area contributed by atoms with Gasteiger partial charge in [0.1, 0.15) is 22.7 Å². The van der Waals surface area contributed by atoms with Crippen molar-refractivity contribution in [2.75, 3.05) is 31.1 Å². The van der Waals surface area contributed by atoms with E-state index in [0.29, 0.717) is 11.6 Å². The summed E-state index contributed by atoms with van der Waals surface area (Å²) in [6, 6.07) is 14.7. The minimum absolute atomic E-state index is 0.478. The lowest BCUT2D eigenvalue weighted by atomic mass is 10.0. The first-order chi connectivity index (χ1) is 14.2. The van der Waals surface area contributed by atoms with Crippen LogP contribution < -0.4 is 10.2 Å². The Morgan fingerprint density at radius 3 is 2.62 bits per heavy atom. The molecule has 1 saturated heterocycles. The number of hydrogen-bond donors (Lipinski definition) is 1. The summed E-state index contributed by atoms with van der Waals surface area (Å²) in [5.74, 6) is 2.24. The Kier molecular flexibility index (Phi) is 4.64. The van der Waals surface area contributed by atoms with Crippen molar-refractivity contribution in [3.8, 4) is 11.3 Å². The molecule has 5 rings (SSSR count). The molecule has 2 aromatic heterocycles. The number of aromatic nitrogens is 3. The molecular formula is C23H25N5O. The van der Waals surface area contributed by atoms with E-state index in [1.165, 1.54) is 10.8 Å². The highest BCUT2D eigenvalue weighted by Gasteiger charge is 2.24. The largest absolute Gasteiger partial charge is 0.353 e. The molecule has 1 aliphatic heterocycles. The Bertz CT molecular complexity index is 1160. The van der Waals surface area contributed by atoms with Crippen LogP contribution in [-0.4, -0.2) is 41.3 Å². The van der Waals surface area contributed by atoms with E-state index in [2.05, 4.69) is 71.7 Å². The van der Waals surface area contributed by atoms with Gasteiger partial charge < -0.3 is 14.7 Å². The standard InChI is InChI=1S/C23H25N5O/c1-15(2)13-19-25-22(28-11-9-24-10-12-28)20-21(27-29-23(20)26-19)18-8-7-16-5-3-4-6-17(16)14-18/h3-8,14-15,24H,9-13H2,1-2H3. The van der Waals surface area contributed by atoms with Gasteiger partial charge in [-0.15, -0.1) is 0 Å². The van der Waals surface area contributed by atoms with Crippen LogP contribution in [0.25, 0.3) is 33.1 Å². The van der Waals surface area contributed by atoms with E-state index in [4.69, 9.17) is 14.5 Å². The fourth-order valence-electron chi connectivity index (χ4n) is 3.98. The van der Waals surface area contributed by atoms with E-state index < -0.39 is 0 Å². The Labute approximate surface area is 169 Å². The molecule has 0 bridgehead atoms. The molecule has 1 aliphatic rings. The highest BCUT2D eigenvalue weighted by atomic mass is 16.5. The van der Waals surface area contributed by atoms with E-state index in [1.807, 2.05) is 0 Å². The van der Waals surface area contributed by atoms with Gasteiger partial charge in [0.15, 0.2) is 0 Å². The average Bonchev–Trinajstić information content (AvgIpc) is 3.17. The third kappa shape index (κ3) is 3.44. The van der Waals surface area contributed by atoms with Crippen LogP contribution in [0.4, 0.5) is 5.82 Å². The van der Waals surface area contributed by atoms with Crippen molar-refractivity contribution in [2.45, 2.75) is 20.3 Å². The number of rotatable bonds is 4. The molecule has 6 heteroatoms. The highest BCUT2D eigenvalue weighted by Crippen LogP contribution is 2.35. The van der Waals surface area contributed by atoms with Gasteiger partial charge >= 0.3 is 0 Å². The predicted molar refractivity (Wildman–Crippen MR) is 116 cm³/mol. The molecule has 6 nitrogen and oxygen atoms in total. The lowest BCUT2D eigenvalue weighted by molar-refractivity contribution is 0.449. The zero-order valence-electron chi connectivity index (χ0n) is 16.9. The molecule has 0 saturated carbocycles. The summed E-state index contributed by atoms with van der Waals surface area (Å²) >= 11 is 0. The van der Waals surface area contributed by atoms with Gasteiger partial charge in [-0.1, -0.05) is 55.4 Å². The Hall–Kier alpha value is -2.99. The van der Waals surface area contributed by atoms with Crippen molar-refractivity contribution < 1.29 is 4.52 Å². The molecule has 4 aromatic rings. The first-order valence-electron chi connectivity index (χ1n) is 10.3. The third-order valence-electron chi connectivity index (χ3n) is 5.39. The zero-order valence-corrected chi connectivity index (χ0v) is 16.9. The molecule has 0 unspecified atom stereocenters. The summed E-state index contributed by atoms with van der Waals surface area (Å²) in [6.07, 6.45) is 0.820. The summed E-state index contributed by atoms with van der Waals surface area (Å²) in [5, 5.41) is 11.1. The maximum absolute atomic E-state index is 5.73. The first-order valence-corrected chi connectivity index (χ1v) is 10.3. The number of fused-ring (bicyclic) bond motifs is 2. The van der Waals surface area contributed by atoms with E-state index in [-0.39, 0.29) is 0 Å². The molecule has 148 valence electrons. The molecule has 0 aliphatic carbocycles. The minimum Gasteiger partial charge on any atom is -0.353 e. The van der Waals surface area contributed by atoms with Gasteiger partial charge in [0.25, 0.3) is 5.71 Å². The Morgan fingerprint density at radius 2 is 1.83 bits per heavy atom. The summed E-state index contributed by atoms with van der Waals surface area (Å²) in [5.41, 5.74) is 2.42. The highest BCUT2D eigenvalue weighted by molar-refractivity contribution is 6.00. The number of nitrogens with zero attached hydrogens (tertiary/aromatic N) is 4. The number of hydrogen-bond acceptors (Lipinski definition) is 6. The van der Waals surface area contributed by atoms with Crippen LogP contribution in [0.2, 0.25) is 0 Å². The van der Waals surface area contributed by atoms with E-state index in [0.717, 1.165) is 60.9 Å². The molecular weight excluding hydrogens is 362 g/mol. The van der Waals surface area contributed by atoms with Crippen LogP contribution in [0, 0.1) is 5.92 Å². The monoisotopic (exact) mass is 387 g/mol. The number of benzene rings is 2. The van der Waals surface area contributed by atoms with Crippen molar-refractivity contribution in [3.05, 3.63) is 48.3 Å². The maximum atomic E-state index is 5.73. The minimum atomic E-state index is 0.478. The predicted octanol–water partition coefficient (Wildman–Crippen LogP) is 4.05. The smallest absolute Gasteiger partial charge is 0.263 e. The van der Waals surface area contributed by atoms with Gasteiger partial charge in [0, 0.05) is 38.2 Å². The van der Waals surface area contributed by atoms with Gasteiger partial charge in [-0.25, -0.2) is 4.98 Å². The molecule has 29 heavy (non-hydrogen) atoms. The second kappa shape index (κ2) is 7.44. The van der Waals surface area contributed by atoms with Crippen molar-refractivity contribution in [2.24, 2.45) is 5.92 Å². The topological polar surface area (TPSA) is 67.1 Å². The zero-order chi connectivity index (χ0) is 19.8.